The van der Waals surface area contributed by atoms with Crippen LogP contribution >= 0.6 is 0 Å². The van der Waals surface area contributed by atoms with E-state index < -0.39 is 0 Å². The molecule has 1 aliphatic heterocycles. The molecule has 0 aliphatic carbocycles. The Morgan fingerprint density at radius 1 is 1.50 bits per heavy atom. The second-order valence-electron chi connectivity index (χ2n) is 5.98. The van der Waals surface area contributed by atoms with Gasteiger partial charge in [-0.05, 0) is 26.2 Å². The Labute approximate surface area is 130 Å². The van der Waals surface area contributed by atoms with Crippen LogP contribution in [-0.4, -0.2) is 38.6 Å². The summed E-state index contributed by atoms with van der Waals surface area (Å²) in [6.07, 6.45) is 4.84. The highest BCUT2D eigenvalue weighted by Crippen LogP contribution is 2.27. The van der Waals surface area contributed by atoms with E-state index in [1.165, 1.54) is 0 Å². The first-order chi connectivity index (χ1) is 10.6. The molecule has 1 amide bonds. The predicted molar refractivity (Wildman–Crippen MR) is 81.7 cm³/mol. The Kier molecular flexibility index (Phi) is 4.00. The lowest BCUT2D eigenvalue weighted by atomic mass is 9.97. The summed E-state index contributed by atoms with van der Waals surface area (Å²) in [5.74, 6) is 1.61. The molecule has 0 N–H and O–H groups in total. The van der Waals surface area contributed by atoms with Crippen molar-refractivity contribution in [3.63, 3.8) is 0 Å². The molecule has 0 saturated carbocycles. The molecule has 2 aromatic heterocycles. The van der Waals surface area contributed by atoms with Crippen molar-refractivity contribution in [3.05, 3.63) is 35.2 Å². The molecule has 0 bridgehead atoms. The van der Waals surface area contributed by atoms with Gasteiger partial charge in [0.2, 0.25) is 5.76 Å². The van der Waals surface area contributed by atoms with Gasteiger partial charge in [0.25, 0.3) is 5.91 Å². The van der Waals surface area contributed by atoms with Gasteiger partial charge in [-0.25, -0.2) is 4.98 Å². The number of rotatable bonds is 3. The van der Waals surface area contributed by atoms with Gasteiger partial charge in [0, 0.05) is 38.3 Å². The Morgan fingerprint density at radius 3 is 2.95 bits per heavy atom. The van der Waals surface area contributed by atoms with E-state index in [1.54, 1.807) is 6.07 Å². The molecule has 2 aromatic rings. The van der Waals surface area contributed by atoms with Gasteiger partial charge in [-0.3, -0.25) is 4.79 Å². The summed E-state index contributed by atoms with van der Waals surface area (Å²) in [5, 5.41) is 3.91. The van der Waals surface area contributed by atoms with E-state index in [0.29, 0.717) is 12.3 Å². The Hall–Kier alpha value is -2.11. The highest BCUT2D eigenvalue weighted by atomic mass is 16.5. The molecule has 6 nitrogen and oxygen atoms in total. The van der Waals surface area contributed by atoms with E-state index in [9.17, 15) is 4.79 Å². The third kappa shape index (κ3) is 2.77. The lowest BCUT2D eigenvalue weighted by Crippen LogP contribution is -2.39. The number of hydrogen-bond donors (Lipinski definition) is 0. The average Bonchev–Trinajstić information content (AvgIpc) is 3.13. The van der Waals surface area contributed by atoms with Crippen LogP contribution in [0.4, 0.5) is 0 Å². The molecular weight excluding hydrogens is 280 g/mol. The molecule has 3 rings (SSSR count). The molecule has 0 radical (unpaired) electrons. The third-order valence-corrected chi connectivity index (χ3v) is 4.24. The zero-order valence-corrected chi connectivity index (χ0v) is 13.4. The molecule has 22 heavy (non-hydrogen) atoms. The van der Waals surface area contributed by atoms with Gasteiger partial charge < -0.3 is 14.0 Å². The number of carbonyl (C=O) groups excluding carboxylic acids is 1. The maximum absolute atomic E-state index is 12.6. The van der Waals surface area contributed by atoms with Crippen molar-refractivity contribution in [2.75, 3.05) is 13.1 Å². The second-order valence-corrected chi connectivity index (χ2v) is 5.98. The fourth-order valence-electron chi connectivity index (χ4n) is 3.12. The zero-order valence-electron chi connectivity index (χ0n) is 13.4. The molecule has 3 heterocycles. The van der Waals surface area contributed by atoms with Crippen LogP contribution in [0.1, 0.15) is 53.5 Å². The van der Waals surface area contributed by atoms with Crippen molar-refractivity contribution in [1.29, 1.82) is 0 Å². The van der Waals surface area contributed by atoms with Crippen molar-refractivity contribution in [2.45, 2.75) is 39.0 Å². The van der Waals surface area contributed by atoms with Gasteiger partial charge in [-0.1, -0.05) is 12.1 Å². The lowest BCUT2D eigenvalue weighted by molar-refractivity contribution is 0.0661. The van der Waals surface area contributed by atoms with Crippen molar-refractivity contribution >= 4 is 5.91 Å². The maximum Gasteiger partial charge on any atom is 0.292 e. The predicted octanol–water partition coefficient (Wildman–Crippen LogP) is 2.30. The molecule has 1 atom stereocenters. The minimum atomic E-state index is -0.0668. The van der Waals surface area contributed by atoms with E-state index >= 15 is 0 Å². The Balaban J connectivity index is 1.75. The van der Waals surface area contributed by atoms with Gasteiger partial charge in [-0.15, -0.1) is 0 Å². The van der Waals surface area contributed by atoms with E-state index in [0.717, 1.165) is 43.0 Å². The van der Waals surface area contributed by atoms with Gasteiger partial charge in [0.15, 0.2) is 0 Å². The minimum absolute atomic E-state index is 0.0668. The van der Waals surface area contributed by atoms with E-state index in [-0.39, 0.29) is 11.8 Å². The molecule has 0 aromatic carbocycles. The van der Waals surface area contributed by atoms with Crippen LogP contribution in [0.25, 0.3) is 0 Å². The number of likely N-dealkylation sites (tertiary alicyclic amines) is 1. The molecule has 118 valence electrons. The maximum atomic E-state index is 12.6. The largest absolute Gasteiger partial charge is 0.351 e. The highest BCUT2D eigenvalue weighted by molar-refractivity contribution is 5.91. The van der Waals surface area contributed by atoms with Crippen molar-refractivity contribution in [2.24, 2.45) is 7.05 Å². The van der Waals surface area contributed by atoms with E-state index in [4.69, 9.17) is 4.52 Å². The molecule has 1 fully saturated rings. The first-order valence-electron chi connectivity index (χ1n) is 7.83. The van der Waals surface area contributed by atoms with Crippen molar-refractivity contribution in [1.82, 2.24) is 19.6 Å². The zero-order chi connectivity index (χ0) is 15.7. The fourth-order valence-corrected chi connectivity index (χ4v) is 3.12. The summed E-state index contributed by atoms with van der Waals surface area (Å²) in [6, 6.07) is 1.75. The monoisotopic (exact) mass is 302 g/mol. The standard InChI is InChI=1S/C16H22N4O2/c1-4-13-8-14(22-18-13)16(21)20-7-5-6-12(10-20)15-17-11(2)9-19(15)3/h8-9,12H,4-7,10H2,1-3H3/t12-/m0/s1. The summed E-state index contributed by atoms with van der Waals surface area (Å²) in [6.45, 7) is 5.44. The first kappa shape index (κ1) is 14.8. The Morgan fingerprint density at radius 2 is 2.32 bits per heavy atom. The molecular formula is C16H22N4O2. The van der Waals surface area contributed by atoms with Crippen LogP contribution in [-0.2, 0) is 13.5 Å². The topological polar surface area (TPSA) is 64.2 Å². The number of nitrogens with zero attached hydrogens (tertiary/aromatic N) is 4. The molecule has 0 unspecified atom stereocenters. The lowest BCUT2D eigenvalue weighted by Gasteiger charge is -2.31. The highest BCUT2D eigenvalue weighted by Gasteiger charge is 2.29. The number of amides is 1. The molecule has 6 heteroatoms. The minimum Gasteiger partial charge on any atom is -0.351 e. The normalized spacial score (nSPS) is 18.7. The van der Waals surface area contributed by atoms with Crippen LogP contribution in [0, 0.1) is 6.92 Å². The summed E-state index contributed by atoms with van der Waals surface area (Å²) >= 11 is 0. The molecule has 1 aliphatic rings. The van der Waals surface area contributed by atoms with Crippen LogP contribution in [0.3, 0.4) is 0 Å². The first-order valence-corrected chi connectivity index (χ1v) is 7.83. The summed E-state index contributed by atoms with van der Waals surface area (Å²) in [4.78, 5) is 19.0. The van der Waals surface area contributed by atoms with Gasteiger partial charge in [0.1, 0.15) is 5.82 Å². The SMILES string of the molecule is CCc1cc(C(=O)N2CCC[C@H](c3nc(C)cn3C)C2)on1. The van der Waals surface area contributed by atoms with Crippen molar-refractivity contribution < 1.29 is 9.32 Å². The van der Waals surface area contributed by atoms with Crippen LogP contribution in [0.15, 0.2) is 16.8 Å². The van der Waals surface area contributed by atoms with Crippen molar-refractivity contribution in [3.8, 4) is 0 Å². The fraction of sp³-hybridized carbons (Fsp3) is 0.562. The van der Waals surface area contributed by atoms with Crippen LogP contribution < -0.4 is 0 Å². The van der Waals surface area contributed by atoms with Crippen LogP contribution in [0.5, 0.6) is 0 Å². The van der Waals surface area contributed by atoms with Gasteiger partial charge in [0.05, 0.1) is 11.4 Å². The second kappa shape index (κ2) is 5.94. The number of aryl methyl sites for hydroxylation is 3. The number of aromatic nitrogens is 3. The summed E-state index contributed by atoms with van der Waals surface area (Å²) in [5.41, 5.74) is 1.83. The van der Waals surface area contributed by atoms with E-state index in [2.05, 4.69) is 14.7 Å². The summed E-state index contributed by atoms with van der Waals surface area (Å²) < 4.78 is 7.24. The summed E-state index contributed by atoms with van der Waals surface area (Å²) in [7, 11) is 2.01. The molecule has 1 saturated heterocycles. The number of carbonyl (C=O) groups is 1. The van der Waals surface area contributed by atoms with Gasteiger partial charge in [-0.2, -0.15) is 0 Å². The number of hydrogen-bond acceptors (Lipinski definition) is 4. The quantitative estimate of drug-likeness (QED) is 0.872. The number of piperidine rings is 1. The van der Waals surface area contributed by atoms with E-state index in [1.807, 2.05) is 32.0 Å². The average molecular weight is 302 g/mol. The van der Waals surface area contributed by atoms with Gasteiger partial charge >= 0.3 is 0 Å². The smallest absolute Gasteiger partial charge is 0.292 e. The molecule has 0 spiro atoms. The third-order valence-electron chi connectivity index (χ3n) is 4.24. The Bertz CT molecular complexity index is 673. The number of imidazole rings is 1. The van der Waals surface area contributed by atoms with Crippen LogP contribution in [0.2, 0.25) is 0 Å².